The van der Waals surface area contributed by atoms with Gasteiger partial charge in [0.05, 0.1) is 13.2 Å². The van der Waals surface area contributed by atoms with Gasteiger partial charge in [0.2, 0.25) is 0 Å². The predicted octanol–water partition coefficient (Wildman–Crippen LogP) is 3.08. The predicted molar refractivity (Wildman–Crippen MR) is 128 cm³/mol. The van der Waals surface area contributed by atoms with E-state index in [9.17, 15) is 0 Å². The Labute approximate surface area is 187 Å². The number of benzene rings is 1. The van der Waals surface area contributed by atoms with Crippen LogP contribution in [0.4, 0.5) is 0 Å². The van der Waals surface area contributed by atoms with Crippen molar-refractivity contribution in [2.45, 2.75) is 33.6 Å². The maximum absolute atomic E-state index is 5.47. The fourth-order valence-electron chi connectivity index (χ4n) is 4.25. The Balaban J connectivity index is 0.00000280. The summed E-state index contributed by atoms with van der Waals surface area (Å²) in [6, 6.07) is 6.79. The average molecular weight is 500 g/mol. The van der Waals surface area contributed by atoms with Crippen LogP contribution in [0.25, 0.3) is 0 Å². The van der Waals surface area contributed by atoms with Crippen molar-refractivity contribution in [3.63, 3.8) is 0 Å². The van der Waals surface area contributed by atoms with E-state index in [1.54, 1.807) is 0 Å². The minimum atomic E-state index is 0. The molecule has 1 N–H and O–H groups in total. The number of aliphatic imine (C=N–C) groups is 1. The molecule has 28 heavy (non-hydrogen) atoms. The van der Waals surface area contributed by atoms with E-state index in [2.05, 4.69) is 54.1 Å². The molecule has 0 bridgehead atoms. The largest absolute Gasteiger partial charge is 0.379 e. The average Bonchev–Trinajstić information content (AvgIpc) is 3.09. The van der Waals surface area contributed by atoms with Gasteiger partial charge < -0.3 is 15.0 Å². The molecule has 158 valence electrons. The third-order valence-corrected chi connectivity index (χ3v) is 5.48. The summed E-state index contributed by atoms with van der Waals surface area (Å²) < 4.78 is 5.47. The first kappa shape index (κ1) is 23.4. The van der Waals surface area contributed by atoms with Gasteiger partial charge in [-0.25, -0.2) is 0 Å². The van der Waals surface area contributed by atoms with E-state index in [1.807, 2.05) is 0 Å². The summed E-state index contributed by atoms with van der Waals surface area (Å²) in [5.41, 5.74) is 4.07. The number of rotatable bonds is 6. The molecule has 1 aromatic carbocycles. The third kappa shape index (κ3) is 7.19. The van der Waals surface area contributed by atoms with Crippen LogP contribution in [0.5, 0.6) is 0 Å². The molecule has 5 nitrogen and oxygen atoms in total. The Bertz CT molecular complexity index is 611. The van der Waals surface area contributed by atoms with Crippen LogP contribution in [0.3, 0.4) is 0 Å². The number of likely N-dealkylation sites (tertiary alicyclic amines) is 1. The lowest BCUT2D eigenvalue weighted by Crippen LogP contribution is -2.42. The first-order valence-corrected chi connectivity index (χ1v) is 10.5. The second-order valence-corrected chi connectivity index (χ2v) is 8.00. The van der Waals surface area contributed by atoms with Gasteiger partial charge in [0, 0.05) is 45.8 Å². The highest BCUT2D eigenvalue weighted by Gasteiger charge is 2.27. The van der Waals surface area contributed by atoms with Gasteiger partial charge in [-0.1, -0.05) is 29.3 Å². The van der Waals surface area contributed by atoms with Crippen LogP contribution in [-0.4, -0.2) is 74.8 Å². The van der Waals surface area contributed by atoms with E-state index in [0.717, 1.165) is 70.8 Å². The van der Waals surface area contributed by atoms with Crippen molar-refractivity contribution in [2.24, 2.45) is 10.9 Å². The molecule has 1 atom stereocenters. The Morgan fingerprint density at radius 2 is 1.86 bits per heavy atom. The van der Waals surface area contributed by atoms with Crippen molar-refractivity contribution < 1.29 is 4.74 Å². The maximum atomic E-state index is 5.47. The fraction of sp³-hybridized carbons (Fsp3) is 0.682. The normalized spacial score (nSPS) is 20.9. The Hall–Kier alpha value is -0.860. The number of morpholine rings is 1. The highest BCUT2D eigenvalue weighted by Crippen LogP contribution is 2.18. The lowest BCUT2D eigenvalue weighted by Gasteiger charge is -2.29. The first-order chi connectivity index (χ1) is 13.1. The molecule has 6 heteroatoms. The molecule has 1 aromatic rings. The number of nitrogens with one attached hydrogen (secondary N) is 1. The van der Waals surface area contributed by atoms with Crippen LogP contribution in [0, 0.1) is 19.8 Å². The Kier molecular flexibility index (Phi) is 10.0. The van der Waals surface area contributed by atoms with E-state index in [1.165, 1.54) is 29.7 Å². The fourth-order valence-corrected chi connectivity index (χ4v) is 4.25. The molecule has 2 saturated heterocycles. The number of hydrogen-bond donors (Lipinski definition) is 1. The first-order valence-electron chi connectivity index (χ1n) is 10.5. The van der Waals surface area contributed by atoms with Crippen LogP contribution in [0.15, 0.2) is 23.2 Å². The van der Waals surface area contributed by atoms with E-state index >= 15 is 0 Å². The number of ether oxygens (including phenoxy) is 1. The van der Waals surface area contributed by atoms with Gasteiger partial charge in [-0.05, 0) is 45.1 Å². The number of nitrogens with zero attached hydrogens (tertiary/aromatic N) is 3. The summed E-state index contributed by atoms with van der Waals surface area (Å²) in [5, 5.41) is 3.50. The highest BCUT2D eigenvalue weighted by atomic mass is 127. The van der Waals surface area contributed by atoms with Crippen molar-refractivity contribution in [1.82, 2.24) is 15.1 Å². The van der Waals surface area contributed by atoms with Gasteiger partial charge in [0.1, 0.15) is 0 Å². The molecule has 0 saturated carbocycles. The highest BCUT2D eigenvalue weighted by molar-refractivity contribution is 14.0. The van der Waals surface area contributed by atoms with Crippen LogP contribution in [0.2, 0.25) is 0 Å². The van der Waals surface area contributed by atoms with Gasteiger partial charge in [0.15, 0.2) is 5.96 Å². The van der Waals surface area contributed by atoms with Crippen LogP contribution < -0.4 is 5.32 Å². The number of guanidine groups is 1. The molecule has 3 rings (SSSR count). The van der Waals surface area contributed by atoms with E-state index in [-0.39, 0.29) is 24.0 Å². The molecule has 0 spiro atoms. The molecule has 1 unspecified atom stereocenters. The quantitative estimate of drug-likeness (QED) is 0.371. The van der Waals surface area contributed by atoms with Crippen LogP contribution >= 0.6 is 24.0 Å². The van der Waals surface area contributed by atoms with Gasteiger partial charge >= 0.3 is 0 Å². The molecule has 0 aromatic heterocycles. The summed E-state index contributed by atoms with van der Waals surface area (Å²) in [5.74, 6) is 1.83. The van der Waals surface area contributed by atoms with Crippen molar-refractivity contribution in [1.29, 1.82) is 0 Å². The van der Waals surface area contributed by atoms with Crippen molar-refractivity contribution in [3.05, 3.63) is 34.9 Å². The number of aryl methyl sites for hydroxylation is 2. The summed E-state index contributed by atoms with van der Waals surface area (Å²) in [4.78, 5) is 9.94. The Morgan fingerprint density at radius 1 is 1.14 bits per heavy atom. The molecule has 2 fully saturated rings. The molecule has 0 radical (unpaired) electrons. The zero-order chi connectivity index (χ0) is 19.1. The third-order valence-electron chi connectivity index (χ3n) is 5.48. The molecule has 2 aliphatic rings. The zero-order valence-electron chi connectivity index (χ0n) is 17.7. The lowest BCUT2D eigenvalue weighted by atomic mass is 10.1. The molecule has 0 amide bonds. The molecule has 2 heterocycles. The summed E-state index contributed by atoms with van der Waals surface area (Å²) in [6.07, 6.45) is 2.27. The Morgan fingerprint density at radius 3 is 2.54 bits per heavy atom. The van der Waals surface area contributed by atoms with Gasteiger partial charge in [-0.3, -0.25) is 9.89 Å². The van der Waals surface area contributed by atoms with Crippen molar-refractivity contribution in [3.8, 4) is 0 Å². The lowest BCUT2D eigenvalue weighted by molar-refractivity contribution is 0.0315. The van der Waals surface area contributed by atoms with E-state index < -0.39 is 0 Å². The van der Waals surface area contributed by atoms with E-state index in [4.69, 9.17) is 9.73 Å². The SMILES string of the molecule is CCNC(=NCCc1cc(C)cc(C)c1)N1CCC(CN2CCOCC2)C1.I. The zero-order valence-corrected chi connectivity index (χ0v) is 20.1. The summed E-state index contributed by atoms with van der Waals surface area (Å²) in [6.45, 7) is 15.6. The van der Waals surface area contributed by atoms with Gasteiger partial charge in [-0.15, -0.1) is 24.0 Å². The van der Waals surface area contributed by atoms with E-state index in [0.29, 0.717) is 0 Å². The number of hydrogen-bond acceptors (Lipinski definition) is 3. The second kappa shape index (κ2) is 12.0. The van der Waals surface area contributed by atoms with Gasteiger partial charge in [0.25, 0.3) is 0 Å². The molecule has 2 aliphatic heterocycles. The molecular formula is C22H37IN4O. The van der Waals surface area contributed by atoms with Crippen LogP contribution in [0.1, 0.15) is 30.0 Å². The second-order valence-electron chi connectivity index (χ2n) is 8.00. The summed E-state index contributed by atoms with van der Waals surface area (Å²) >= 11 is 0. The number of halogens is 1. The summed E-state index contributed by atoms with van der Waals surface area (Å²) in [7, 11) is 0. The van der Waals surface area contributed by atoms with Crippen molar-refractivity contribution >= 4 is 29.9 Å². The molecule has 0 aliphatic carbocycles. The minimum absolute atomic E-state index is 0. The standard InChI is InChI=1S/C22H36N4O.HI/c1-4-23-22(24-7-5-20-14-18(2)13-19(3)15-20)26-8-6-21(17-26)16-25-9-11-27-12-10-25;/h13-15,21H,4-12,16-17H2,1-3H3,(H,23,24);1H. The molecular weight excluding hydrogens is 463 g/mol. The topological polar surface area (TPSA) is 40.1 Å². The monoisotopic (exact) mass is 500 g/mol. The minimum Gasteiger partial charge on any atom is -0.379 e. The maximum Gasteiger partial charge on any atom is 0.193 e. The smallest absolute Gasteiger partial charge is 0.193 e. The van der Waals surface area contributed by atoms with Crippen molar-refractivity contribution in [2.75, 3.05) is 59.0 Å². The van der Waals surface area contributed by atoms with Crippen LogP contribution in [-0.2, 0) is 11.2 Å². The van der Waals surface area contributed by atoms with Gasteiger partial charge in [-0.2, -0.15) is 0 Å².